The summed E-state index contributed by atoms with van der Waals surface area (Å²) in [6.45, 7) is 4.38. The zero-order chi connectivity index (χ0) is 18.2. The molecular formula is C21H21N5S. The van der Waals surface area contributed by atoms with E-state index in [9.17, 15) is 0 Å². The Labute approximate surface area is 162 Å². The van der Waals surface area contributed by atoms with Gasteiger partial charge >= 0.3 is 0 Å². The number of benzene rings is 1. The minimum Gasteiger partial charge on any atom is -0.369 e. The van der Waals surface area contributed by atoms with E-state index in [0.29, 0.717) is 0 Å². The molecule has 0 bridgehead atoms. The number of piperazine rings is 1. The summed E-state index contributed by atoms with van der Waals surface area (Å²) in [7, 11) is 2.18. The largest absolute Gasteiger partial charge is 0.369 e. The Balaban J connectivity index is 1.52. The van der Waals surface area contributed by atoms with Gasteiger partial charge in [0.2, 0.25) is 0 Å². The molecule has 1 fully saturated rings. The lowest BCUT2D eigenvalue weighted by Crippen LogP contribution is -2.44. The predicted molar refractivity (Wildman–Crippen MR) is 112 cm³/mol. The van der Waals surface area contributed by atoms with Crippen molar-refractivity contribution in [2.75, 3.05) is 38.1 Å². The van der Waals surface area contributed by atoms with Crippen LogP contribution >= 0.6 is 11.3 Å². The van der Waals surface area contributed by atoms with Gasteiger partial charge in [-0.3, -0.25) is 5.10 Å². The van der Waals surface area contributed by atoms with Gasteiger partial charge in [0.05, 0.1) is 5.39 Å². The Hall–Kier alpha value is -2.70. The van der Waals surface area contributed by atoms with Crippen molar-refractivity contribution in [3.63, 3.8) is 0 Å². The summed E-state index contributed by atoms with van der Waals surface area (Å²) >= 11 is 1.71. The van der Waals surface area contributed by atoms with Crippen LogP contribution in [0.5, 0.6) is 0 Å². The maximum absolute atomic E-state index is 4.58. The van der Waals surface area contributed by atoms with E-state index in [1.54, 1.807) is 11.3 Å². The Bertz CT molecular complexity index is 1040. The fraction of sp³-hybridized carbons (Fsp3) is 0.238. The third-order valence-electron chi connectivity index (χ3n) is 5.30. The van der Waals surface area contributed by atoms with Crippen LogP contribution in [0.1, 0.15) is 0 Å². The molecule has 5 rings (SSSR count). The van der Waals surface area contributed by atoms with E-state index < -0.39 is 0 Å². The zero-order valence-electron chi connectivity index (χ0n) is 15.2. The minimum absolute atomic E-state index is 0.830. The predicted octanol–water partition coefficient (Wildman–Crippen LogP) is 4.11. The molecule has 0 unspecified atom stereocenters. The Morgan fingerprint density at radius 3 is 2.52 bits per heavy atom. The van der Waals surface area contributed by atoms with Crippen LogP contribution in [0.2, 0.25) is 0 Å². The number of rotatable bonds is 3. The maximum Gasteiger partial charge on any atom is 0.156 e. The Morgan fingerprint density at radius 1 is 0.963 bits per heavy atom. The summed E-state index contributed by atoms with van der Waals surface area (Å²) in [6.07, 6.45) is 1.84. The van der Waals surface area contributed by atoms with Crippen LogP contribution in [-0.2, 0) is 0 Å². The van der Waals surface area contributed by atoms with Crippen LogP contribution in [0.25, 0.3) is 33.4 Å². The highest BCUT2D eigenvalue weighted by atomic mass is 32.1. The molecule has 0 atom stereocenters. The monoisotopic (exact) mass is 375 g/mol. The number of thiophene rings is 1. The van der Waals surface area contributed by atoms with Gasteiger partial charge in [0.15, 0.2) is 5.65 Å². The van der Waals surface area contributed by atoms with Crippen molar-refractivity contribution in [1.29, 1.82) is 0 Å². The molecule has 6 heteroatoms. The topological polar surface area (TPSA) is 48.0 Å². The number of likely N-dealkylation sites (N-methyl/N-ethyl adjacent to an activating group) is 1. The first-order valence-corrected chi connectivity index (χ1v) is 10.1. The lowest BCUT2D eigenvalue weighted by Gasteiger charge is -2.34. The quantitative estimate of drug-likeness (QED) is 0.586. The summed E-state index contributed by atoms with van der Waals surface area (Å²) in [5.41, 5.74) is 6.57. The standard InChI is InChI=1S/C21H21N5S/c1-25-9-11-26(12-10-25)17-4-2-15(3-5-17)20-19-18(16-7-13-27-14-16)6-8-22-21(19)24-23-20/h2-8,13-14H,9-12H2,1H3,(H,22,23,24). The first-order valence-electron chi connectivity index (χ1n) is 9.19. The number of anilines is 1. The molecule has 0 spiro atoms. The number of fused-ring (bicyclic) bond motifs is 1. The van der Waals surface area contributed by atoms with Gasteiger partial charge < -0.3 is 9.80 Å². The van der Waals surface area contributed by atoms with Gasteiger partial charge in [-0.1, -0.05) is 12.1 Å². The Kier molecular flexibility index (Phi) is 4.14. The number of hydrogen-bond donors (Lipinski definition) is 1. The smallest absolute Gasteiger partial charge is 0.156 e. The van der Waals surface area contributed by atoms with E-state index in [1.807, 2.05) is 6.20 Å². The van der Waals surface area contributed by atoms with E-state index in [4.69, 9.17) is 0 Å². The van der Waals surface area contributed by atoms with Crippen LogP contribution in [0.3, 0.4) is 0 Å². The highest BCUT2D eigenvalue weighted by molar-refractivity contribution is 7.08. The van der Waals surface area contributed by atoms with Crippen molar-refractivity contribution in [2.24, 2.45) is 0 Å². The molecule has 1 N–H and O–H groups in total. The molecule has 0 radical (unpaired) electrons. The summed E-state index contributed by atoms with van der Waals surface area (Å²) in [4.78, 5) is 9.29. The maximum atomic E-state index is 4.58. The van der Waals surface area contributed by atoms with Gasteiger partial charge in [-0.05, 0) is 53.2 Å². The average molecular weight is 376 g/mol. The third-order valence-corrected chi connectivity index (χ3v) is 5.99. The van der Waals surface area contributed by atoms with E-state index in [0.717, 1.165) is 48.5 Å². The number of hydrogen-bond acceptors (Lipinski definition) is 5. The van der Waals surface area contributed by atoms with Gasteiger partial charge in [0, 0.05) is 43.6 Å². The van der Waals surface area contributed by atoms with Crippen LogP contribution in [0.4, 0.5) is 5.69 Å². The minimum atomic E-state index is 0.830. The second-order valence-electron chi connectivity index (χ2n) is 7.00. The molecule has 27 heavy (non-hydrogen) atoms. The molecule has 0 saturated carbocycles. The highest BCUT2D eigenvalue weighted by Gasteiger charge is 2.17. The van der Waals surface area contributed by atoms with E-state index in [1.165, 1.54) is 16.8 Å². The fourth-order valence-corrected chi connectivity index (χ4v) is 4.37. The molecule has 5 nitrogen and oxygen atoms in total. The Morgan fingerprint density at radius 2 is 1.78 bits per heavy atom. The van der Waals surface area contributed by atoms with E-state index in [2.05, 4.69) is 79.2 Å². The number of nitrogens with zero attached hydrogens (tertiary/aromatic N) is 4. The van der Waals surface area contributed by atoms with E-state index in [-0.39, 0.29) is 0 Å². The molecule has 4 aromatic rings. The van der Waals surface area contributed by atoms with E-state index >= 15 is 0 Å². The lowest BCUT2D eigenvalue weighted by atomic mass is 10.0. The van der Waals surface area contributed by atoms with Gasteiger partial charge in [0.25, 0.3) is 0 Å². The number of nitrogens with one attached hydrogen (secondary N) is 1. The third kappa shape index (κ3) is 3.01. The zero-order valence-corrected chi connectivity index (χ0v) is 16.0. The molecule has 1 aliphatic heterocycles. The van der Waals surface area contributed by atoms with Crippen LogP contribution in [0, 0.1) is 0 Å². The van der Waals surface area contributed by atoms with Gasteiger partial charge in [0.1, 0.15) is 5.69 Å². The lowest BCUT2D eigenvalue weighted by molar-refractivity contribution is 0.313. The molecule has 136 valence electrons. The van der Waals surface area contributed by atoms with Crippen molar-refractivity contribution >= 4 is 28.1 Å². The number of pyridine rings is 1. The number of aromatic nitrogens is 3. The molecule has 3 aromatic heterocycles. The van der Waals surface area contributed by atoms with Gasteiger partial charge in [-0.15, -0.1) is 0 Å². The van der Waals surface area contributed by atoms with Crippen molar-refractivity contribution in [2.45, 2.75) is 0 Å². The van der Waals surface area contributed by atoms with Crippen molar-refractivity contribution in [3.05, 3.63) is 53.4 Å². The number of H-pyrrole nitrogens is 1. The molecule has 0 amide bonds. The second-order valence-corrected chi connectivity index (χ2v) is 7.78. The van der Waals surface area contributed by atoms with Crippen LogP contribution < -0.4 is 4.90 Å². The first-order chi connectivity index (χ1) is 13.3. The molecule has 4 heterocycles. The first kappa shape index (κ1) is 16.5. The SMILES string of the molecule is CN1CCN(c2ccc(-c3n[nH]c4nccc(-c5ccsc5)c34)cc2)CC1. The second kappa shape index (κ2) is 6.79. The van der Waals surface area contributed by atoms with Crippen LogP contribution in [0.15, 0.2) is 53.4 Å². The fourth-order valence-electron chi connectivity index (χ4n) is 3.71. The molecule has 0 aliphatic carbocycles. The van der Waals surface area contributed by atoms with Crippen molar-refractivity contribution in [3.8, 4) is 22.4 Å². The molecule has 1 aliphatic rings. The molecular weight excluding hydrogens is 354 g/mol. The average Bonchev–Trinajstić information content (AvgIpc) is 3.39. The van der Waals surface area contributed by atoms with Gasteiger partial charge in [-0.25, -0.2) is 4.98 Å². The van der Waals surface area contributed by atoms with Crippen molar-refractivity contribution < 1.29 is 0 Å². The van der Waals surface area contributed by atoms with Crippen molar-refractivity contribution in [1.82, 2.24) is 20.1 Å². The summed E-state index contributed by atoms with van der Waals surface area (Å²) in [5, 5.41) is 13.0. The summed E-state index contributed by atoms with van der Waals surface area (Å²) in [5.74, 6) is 0. The normalized spacial score (nSPS) is 15.5. The summed E-state index contributed by atoms with van der Waals surface area (Å²) in [6, 6.07) is 13.0. The highest BCUT2D eigenvalue weighted by Crippen LogP contribution is 2.35. The van der Waals surface area contributed by atoms with Crippen LogP contribution in [-0.4, -0.2) is 53.3 Å². The van der Waals surface area contributed by atoms with Gasteiger partial charge in [-0.2, -0.15) is 16.4 Å². The summed E-state index contributed by atoms with van der Waals surface area (Å²) < 4.78 is 0. The molecule has 1 saturated heterocycles. The molecule has 1 aromatic carbocycles. The number of aromatic amines is 1.